The van der Waals surface area contributed by atoms with Gasteiger partial charge in [0.15, 0.2) is 0 Å². The van der Waals surface area contributed by atoms with E-state index in [1.807, 2.05) is 37.5 Å². The molecule has 0 aliphatic rings. The first kappa shape index (κ1) is 12.4. The van der Waals surface area contributed by atoms with Gasteiger partial charge in [-0.1, -0.05) is 33.6 Å². The zero-order chi connectivity index (χ0) is 12.3. The molecule has 88 valence electrons. The highest BCUT2D eigenvalue weighted by molar-refractivity contribution is 9.10. The van der Waals surface area contributed by atoms with Gasteiger partial charge in [-0.25, -0.2) is 0 Å². The molecule has 0 bridgehead atoms. The first-order chi connectivity index (χ1) is 8.15. The predicted octanol–water partition coefficient (Wildman–Crippen LogP) is 4.42. The van der Waals surface area contributed by atoms with Crippen molar-refractivity contribution in [1.29, 1.82) is 0 Å². The summed E-state index contributed by atoms with van der Waals surface area (Å²) < 4.78 is 1.01. The van der Waals surface area contributed by atoms with Gasteiger partial charge >= 0.3 is 0 Å². The minimum Gasteiger partial charge on any atom is -0.380 e. The smallest absolute Gasteiger partial charge is 0.0532 e. The van der Waals surface area contributed by atoms with Gasteiger partial charge in [0.2, 0.25) is 0 Å². The molecule has 0 atom stereocenters. The van der Waals surface area contributed by atoms with Crippen LogP contribution < -0.4 is 5.32 Å². The number of nitrogens with one attached hydrogen (secondary N) is 1. The van der Waals surface area contributed by atoms with E-state index in [4.69, 9.17) is 11.6 Å². The van der Waals surface area contributed by atoms with Crippen LogP contribution in [0.3, 0.4) is 0 Å². The highest BCUT2D eigenvalue weighted by Crippen LogP contribution is 2.22. The zero-order valence-electron chi connectivity index (χ0n) is 9.37. The molecule has 2 nitrogen and oxygen atoms in total. The number of hydrogen-bond acceptors (Lipinski definition) is 2. The van der Waals surface area contributed by atoms with Gasteiger partial charge < -0.3 is 5.32 Å². The van der Waals surface area contributed by atoms with Crippen LogP contribution in [-0.2, 0) is 6.54 Å². The van der Waals surface area contributed by atoms with E-state index in [2.05, 4.69) is 32.3 Å². The van der Waals surface area contributed by atoms with Crippen LogP contribution in [0.25, 0.3) is 0 Å². The van der Waals surface area contributed by atoms with Gasteiger partial charge in [-0.15, -0.1) is 0 Å². The van der Waals surface area contributed by atoms with E-state index in [1.165, 1.54) is 0 Å². The number of rotatable bonds is 3. The Morgan fingerprint density at radius 2 is 2.12 bits per heavy atom. The Morgan fingerprint density at radius 3 is 2.82 bits per heavy atom. The number of benzene rings is 1. The van der Waals surface area contributed by atoms with Crippen molar-refractivity contribution in [2.45, 2.75) is 13.5 Å². The Morgan fingerprint density at radius 1 is 1.29 bits per heavy atom. The van der Waals surface area contributed by atoms with E-state index >= 15 is 0 Å². The summed E-state index contributed by atoms with van der Waals surface area (Å²) in [5.74, 6) is 0. The number of hydrogen-bond donors (Lipinski definition) is 1. The normalized spacial score (nSPS) is 10.3. The standard InChI is InChI=1S/C13H12BrClN2/c1-9-4-12(8-16-6-9)17-7-10-2-3-11(15)5-13(10)14/h2-6,8,17H,7H2,1H3. The number of nitrogens with zero attached hydrogens (tertiary/aromatic N) is 1. The van der Waals surface area contributed by atoms with E-state index in [0.717, 1.165) is 32.9 Å². The second-order valence-electron chi connectivity index (χ2n) is 3.84. The van der Waals surface area contributed by atoms with Crippen molar-refractivity contribution in [3.05, 3.63) is 57.3 Å². The van der Waals surface area contributed by atoms with Crippen LogP contribution in [0.2, 0.25) is 5.02 Å². The highest BCUT2D eigenvalue weighted by Gasteiger charge is 2.01. The molecule has 0 fully saturated rings. The lowest BCUT2D eigenvalue weighted by atomic mass is 10.2. The van der Waals surface area contributed by atoms with Crippen LogP contribution in [0, 0.1) is 6.92 Å². The fourth-order valence-electron chi connectivity index (χ4n) is 1.51. The second kappa shape index (κ2) is 5.52. The second-order valence-corrected chi connectivity index (χ2v) is 5.13. The molecule has 2 rings (SSSR count). The van der Waals surface area contributed by atoms with Crippen molar-refractivity contribution in [3.8, 4) is 0 Å². The predicted molar refractivity (Wildman–Crippen MR) is 75.5 cm³/mol. The monoisotopic (exact) mass is 310 g/mol. The van der Waals surface area contributed by atoms with Gasteiger partial charge in [0.05, 0.1) is 5.69 Å². The Labute approximate surface area is 114 Å². The first-order valence-electron chi connectivity index (χ1n) is 5.24. The third kappa shape index (κ3) is 3.45. The van der Waals surface area contributed by atoms with Crippen molar-refractivity contribution >= 4 is 33.2 Å². The summed E-state index contributed by atoms with van der Waals surface area (Å²) in [6, 6.07) is 7.85. The summed E-state index contributed by atoms with van der Waals surface area (Å²) in [5.41, 5.74) is 3.33. The summed E-state index contributed by atoms with van der Waals surface area (Å²) in [7, 11) is 0. The lowest BCUT2D eigenvalue weighted by Gasteiger charge is -2.08. The number of aryl methyl sites for hydroxylation is 1. The topological polar surface area (TPSA) is 24.9 Å². The van der Waals surface area contributed by atoms with Crippen LogP contribution in [-0.4, -0.2) is 4.98 Å². The molecular weight excluding hydrogens is 300 g/mol. The number of anilines is 1. The fourth-order valence-corrected chi connectivity index (χ4v) is 2.34. The fraction of sp³-hybridized carbons (Fsp3) is 0.154. The molecule has 0 unspecified atom stereocenters. The van der Waals surface area contributed by atoms with Crippen LogP contribution in [0.1, 0.15) is 11.1 Å². The molecule has 1 N–H and O–H groups in total. The number of halogens is 2. The van der Waals surface area contributed by atoms with Crippen molar-refractivity contribution in [2.75, 3.05) is 5.32 Å². The summed E-state index contributed by atoms with van der Waals surface area (Å²) in [6.45, 7) is 2.76. The minimum atomic E-state index is 0.734. The molecule has 2 aromatic rings. The summed E-state index contributed by atoms with van der Waals surface area (Å²) in [6.07, 6.45) is 3.65. The van der Waals surface area contributed by atoms with E-state index in [9.17, 15) is 0 Å². The largest absolute Gasteiger partial charge is 0.380 e. The maximum Gasteiger partial charge on any atom is 0.0532 e. The van der Waals surface area contributed by atoms with Crippen LogP contribution in [0.4, 0.5) is 5.69 Å². The average molecular weight is 312 g/mol. The molecule has 1 aromatic heterocycles. The Bertz CT molecular complexity index is 529. The van der Waals surface area contributed by atoms with Crippen LogP contribution in [0.15, 0.2) is 41.1 Å². The molecule has 0 aliphatic heterocycles. The minimum absolute atomic E-state index is 0.734. The lowest BCUT2D eigenvalue weighted by Crippen LogP contribution is -2.00. The summed E-state index contributed by atoms with van der Waals surface area (Å²) in [4.78, 5) is 4.14. The molecule has 17 heavy (non-hydrogen) atoms. The van der Waals surface area contributed by atoms with E-state index < -0.39 is 0 Å². The SMILES string of the molecule is Cc1cncc(NCc2ccc(Cl)cc2Br)c1. The van der Waals surface area contributed by atoms with Gasteiger partial charge in [-0.2, -0.15) is 0 Å². The van der Waals surface area contributed by atoms with Crippen molar-refractivity contribution in [3.63, 3.8) is 0 Å². The van der Waals surface area contributed by atoms with Gasteiger partial charge in [0.25, 0.3) is 0 Å². The molecule has 1 heterocycles. The van der Waals surface area contributed by atoms with E-state index in [1.54, 1.807) is 0 Å². The molecule has 0 radical (unpaired) electrons. The van der Waals surface area contributed by atoms with Crippen LogP contribution in [0.5, 0.6) is 0 Å². The maximum atomic E-state index is 5.89. The van der Waals surface area contributed by atoms with Gasteiger partial charge in [-0.3, -0.25) is 4.98 Å². The summed E-state index contributed by atoms with van der Waals surface area (Å²) >= 11 is 9.39. The molecule has 0 aliphatic carbocycles. The third-order valence-electron chi connectivity index (χ3n) is 2.37. The first-order valence-corrected chi connectivity index (χ1v) is 6.42. The quantitative estimate of drug-likeness (QED) is 0.907. The van der Waals surface area contributed by atoms with Gasteiger partial charge in [0, 0.05) is 28.4 Å². The van der Waals surface area contributed by atoms with Crippen molar-refractivity contribution < 1.29 is 0 Å². The number of aromatic nitrogens is 1. The van der Waals surface area contributed by atoms with Gasteiger partial charge in [0.1, 0.15) is 0 Å². The molecule has 1 aromatic carbocycles. The number of pyridine rings is 1. The Balaban J connectivity index is 2.07. The molecule has 4 heteroatoms. The molecule has 0 saturated carbocycles. The zero-order valence-corrected chi connectivity index (χ0v) is 11.7. The van der Waals surface area contributed by atoms with Gasteiger partial charge in [-0.05, 0) is 36.2 Å². The Hall–Kier alpha value is -1.06. The van der Waals surface area contributed by atoms with Crippen molar-refractivity contribution in [1.82, 2.24) is 4.98 Å². The molecular formula is C13H12BrClN2. The molecule has 0 spiro atoms. The maximum absolute atomic E-state index is 5.89. The van der Waals surface area contributed by atoms with Crippen LogP contribution >= 0.6 is 27.5 Å². The molecule has 0 amide bonds. The van der Waals surface area contributed by atoms with Crippen molar-refractivity contribution in [2.24, 2.45) is 0 Å². The third-order valence-corrected chi connectivity index (χ3v) is 3.35. The average Bonchev–Trinajstić information content (AvgIpc) is 2.28. The summed E-state index contributed by atoms with van der Waals surface area (Å²) in [5, 5.41) is 4.06. The molecule has 0 saturated heterocycles. The Kier molecular flexibility index (Phi) is 4.02. The lowest BCUT2D eigenvalue weighted by molar-refractivity contribution is 1.12. The highest BCUT2D eigenvalue weighted by atomic mass is 79.9. The van der Waals surface area contributed by atoms with E-state index in [0.29, 0.717) is 0 Å². The van der Waals surface area contributed by atoms with E-state index in [-0.39, 0.29) is 0 Å².